The van der Waals surface area contributed by atoms with E-state index < -0.39 is 11.8 Å². The zero-order chi connectivity index (χ0) is 18.2. The minimum atomic E-state index is -0.763. The van der Waals surface area contributed by atoms with Crippen molar-refractivity contribution in [2.75, 3.05) is 26.6 Å². The van der Waals surface area contributed by atoms with Crippen LogP contribution in [0.4, 0.5) is 5.69 Å². The molecular weight excluding hydrogens is 324 g/mol. The monoisotopic (exact) mass is 344 g/mol. The van der Waals surface area contributed by atoms with Crippen molar-refractivity contribution in [2.45, 2.75) is 6.54 Å². The molecule has 7 heteroatoms. The normalized spacial score (nSPS) is 9.88. The molecule has 0 aromatic heterocycles. The summed E-state index contributed by atoms with van der Waals surface area (Å²) >= 11 is 0. The highest BCUT2D eigenvalue weighted by molar-refractivity contribution is 6.39. The van der Waals surface area contributed by atoms with Crippen LogP contribution >= 0.6 is 0 Å². The lowest BCUT2D eigenvalue weighted by atomic mass is 10.2. The Balaban J connectivity index is 1.92. The van der Waals surface area contributed by atoms with Gasteiger partial charge in [0.1, 0.15) is 5.75 Å². The first-order valence-corrected chi connectivity index (χ1v) is 7.51. The molecule has 2 aromatic rings. The third-order valence-electron chi connectivity index (χ3n) is 3.46. The zero-order valence-electron chi connectivity index (χ0n) is 14.3. The van der Waals surface area contributed by atoms with Crippen LogP contribution in [0.3, 0.4) is 0 Å². The number of hydrogen-bond donors (Lipinski definition) is 2. The second-order valence-corrected chi connectivity index (χ2v) is 5.05. The van der Waals surface area contributed by atoms with Crippen molar-refractivity contribution in [3.8, 4) is 17.2 Å². The molecule has 0 aliphatic heterocycles. The second kappa shape index (κ2) is 8.58. The van der Waals surface area contributed by atoms with E-state index in [-0.39, 0.29) is 6.54 Å². The molecular formula is C18H20N2O5. The molecule has 0 radical (unpaired) electrons. The summed E-state index contributed by atoms with van der Waals surface area (Å²) in [4.78, 5) is 23.9. The Morgan fingerprint density at radius 3 is 2.12 bits per heavy atom. The lowest BCUT2D eigenvalue weighted by Gasteiger charge is -2.10. The number of ether oxygens (including phenoxy) is 3. The van der Waals surface area contributed by atoms with E-state index in [1.165, 1.54) is 14.2 Å². The van der Waals surface area contributed by atoms with Crippen LogP contribution in [0.15, 0.2) is 42.5 Å². The maximum Gasteiger partial charge on any atom is 0.313 e. The summed E-state index contributed by atoms with van der Waals surface area (Å²) in [5.74, 6) is 0.219. The lowest BCUT2D eigenvalue weighted by molar-refractivity contribution is -0.136. The number of rotatable bonds is 6. The highest BCUT2D eigenvalue weighted by atomic mass is 16.5. The van der Waals surface area contributed by atoms with Crippen LogP contribution in [-0.2, 0) is 16.1 Å². The molecule has 0 atom stereocenters. The summed E-state index contributed by atoms with van der Waals surface area (Å²) in [5, 5.41) is 5.08. The predicted molar refractivity (Wildman–Crippen MR) is 93.0 cm³/mol. The first-order valence-electron chi connectivity index (χ1n) is 7.51. The third kappa shape index (κ3) is 4.87. The topological polar surface area (TPSA) is 85.9 Å². The summed E-state index contributed by atoms with van der Waals surface area (Å²) in [6.45, 7) is 0.238. The molecule has 0 saturated carbocycles. The van der Waals surface area contributed by atoms with Gasteiger partial charge in [-0.25, -0.2) is 0 Å². The molecule has 0 unspecified atom stereocenters. The van der Waals surface area contributed by atoms with Crippen molar-refractivity contribution in [3.05, 3.63) is 48.0 Å². The van der Waals surface area contributed by atoms with E-state index in [0.29, 0.717) is 17.2 Å². The number of amides is 2. The van der Waals surface area contributed by atoms with Crippen LogP contribution in [0.2, 0.25) is 0 Å². The van der Waals surface area contributed by atoms with Gasteiger partial charge in [0.15, 0.2) is 11.5 Å². The SMILES string of the molecule is COc1ccc(CNC(=O)C(=O)Nc2ccc(OC)c(OC)c2)cc1. The number of carbonyl (C=O) groups excluding carboxylic acids is 2. The van der Waals surface area contributed by atoms with Crippen LogP contribution in [0.1, 0.15) is 5.56 Å². The standard InChI is InChI=1S/C18H20N2O5/c1-23-14-7-4-12(5-8-14)11-19-17(21)18(22)20-13-6-9-15(24-2)16(10-13)25-3/h4-10H,11H2,1-3H3,(H,19,21)(H,20,22). The molecule has 0 heterocycles. The first kappa shape index (κ1) is 18.1. The van der Waals surface area contributed by atoms with E-state index >= 15 is 0 Å². The number of carbonyl (C=O) groups is 2. The summed E-state index contributed by atoms with van der Waals surface area (Å²) < 4.78 is 15.3. The van der Waals surface area contributed by atoms with E-state index in [0.717, 1.165) is 11.3 Å². The molecule has 0 spiro atoms. The van der Waals surface area contributed by atoms with Crippen molar-refractivity contribution < 1.29 is 23.8 Å². The molecule has 0 aliphatic carbocycles. The number of anilines is 1. The van der Waals surface area contributed by atoms with Gasteiger partial charge in [-0.05, 0) is 29.8 Å². The van der Waals surface area contributed by atoms with Gasteiger partial charge in [0.05, 0.1) is 21.3 Å². The Kier molecular flexibility index (Phi) is 6.22. The van der Waals surface area contributed by atoms with Crippen molar-refractivity contribution in [1.29, 1.82) is 0 Å². The van der Waals surface area contributed by atoms with Crippen molar-refractivity contribution in [2.24, 2.45) is 0 Å². The Hall–Kier alpha value is -3.22. The highest BCUT2D eigenvalue weighted by Gasteiger charge is 2.14. The first-order chi connectivity index (χ1) is 12.1. The number of methoxy groups -OCH3 is 3. The summed E-state index contributed by atoms with van der Waals surface area (Å²) in [6.07, 6.45) is 0. The summed E-state index contributed by atoms with van der Waals surface area (Å²) in [5.41, 5.74) is 1.29. The van der Waals surface area contributed by atoms with Crippen LogP contribution in [0.25, 0.3) is 0 Å². The van der Waals surface area contributed by atoms with E-state index in [9.17, 15) is 9.59 Å². The molecule has 2 N–H and O–H groups in total. The average Bonchev–Trinajstić information content (AvgIpc) is 2.66. The third-order valence-corrected chi connectivity index (χ3v) is 3.46. The molecule has 2 aromatic carbocycles. The van der Waals surface area contributed by atoms with Gasteiger partial charge in [-0.1, -0.05) is 12.1 Å². The van der Waals surface area contributed by atoms with Gasteiger partial charge in [0, 0.05) is 18.3 Å². The van der Waals surface area contributed by atoms with Crippen molar-refractivity contribution in [1.82, 2.24) is 5.32 Å². The van der Waals surface area contributed by atoms with Crippen LogP contribution in [0, 0.1) is 0 Å². The molecule has 132 valence electrons. The van der Waals surface area contributed by atoms with Crippen molar-refractivity contribution in [3.63, 3.8) is 0 Å². The molecule has 2 amide bonds. The van der Waals surface area contributed by atoms with E-state index in [2.05, 4.69) is 10.6 Å². The highest BCUT2D eigenvalue weighted by Crippen LogP contribution is 2.29. The molecule has 25 heavy (non-hydrogen) atoms. The predicted octanol–water partition coefficient (Wildman–Crippen LogP) is 1.97. The largest absolute Gasteiger partial charge is 0.497 e. The lowest BCUT2D eigenvalue weighted by Crippen LogP contribution is -2.34. The van der Waals surface area contributed by atoms with Gasteiger partial charge in [0.2, 0.25) is 0 Å². The molecule has 0 saturated heterocycles. The number of nitrogens with one attached hydrogen (secondary N) is 2. The Morgan fingerprint density at radius 1 is 0.840 bits per heavy atom. The van der Waals surface area contributed by atoms with Crippen LogP contribution < -0.4 is 24.8 Å². The maximum atomic E-state index is 12.0. The van der Waals surface area contributed by atoms with Gasteiger partial charge >= 0.3 is 11.8 Å². The molecule has 0 aliphatic rings. The molecule has 7 nitrogen and oxygen atoms in total. The molecule has 0 fully saturated rings. The fraction of sp³-hybridized carbons (Fsp3) is 0.222. The van der Waals surface area contributed by atoms with Gasteiger partial charge in [-0.15, -0.1) is 0 Å². The number of benzene rings is 2. The quantitative estimate of drug-likeness (QED) is 0.783. The van der Waals surface area contributed by atoms with Gasteiger partial charge in [0.25, 0.3) is 0 Å². The second-order valence-electron chi connectivity index (χ2n) is 5.05. The summed E-state index contributed by atoms with van der Waals surface area (Å²) in [7, 11) is 4.59. The Bertz CT molecular complexity index is 744. The fourth-order valence-electron chi connectivity index (χ4n) is 2.11. The zero-order valence-corrected chi connectivity index (χ0v) is 14.3. The number of hydrogen-bond acceptors (Lipinski definition) is 5. The van der Waals surface area contributed by atoms with Gasteiger partial charge in [-0.3, -0.25) is 9.59 Å². The van der Waals surface area contributed by atoms with Crippen molar-refractivity contribution >= 4 is 17.5 Å². The Morgan fingerprint density at radius 2 is 1.52 bits per heavy atom. The fourth-order valence-corrected chi connectivity index (χ4v) is 2.11. The van der Waals surface area contributed by atoms with Gasteiger partial charge in [-0.2, -0.15) is 0 Å². The van der Waals surface area contributed by atoms with E-state index in [4.69, 9.17) is 14.2 Å². The van der Waals surface area contributed by atoms with Gasteiger partial charge < -0.3 is 24.8 Å². The minimum absolute atomic E-state index is 0.238. The van der Waals surface area contributed by atoms with Crippen LogP contribution in [0.5, 0.6) is 17.2 Å². The summed E-state index contributed by atoms with van der Waals surface area (Å²) in [6, 6.07) is 12.0. The molecule has 2 rings (SSSR count). The Labute approximate surface area is 145 Å². The minimum Gasteiger partial charge on any atom is -0.497 e. The van der Waals surface area contributed by atoms with E-state index in [1.54, 1.807) is 37.4 Å². The average molecular weight is 344 g/mol. The maximum absolute atomic E-state index is 12.0. The smallest absolute Gasteiger partial charge is 0.313 e. The van der Waals surface area contributed by atoms with E-state index in [1.807, 2.05) is 12.1 Å². The molecule has 0 bridgehead atoms. The van der Waals surface area contributed by atoms with Crippen LogP contribution in [-0.4, -0.2) is 33.1 Å².